The number of pyridine rings is 3. The normalized spacial score (nSPS) is 11.1. The Hall–Kier alpha value is -5.54. The minimum absolute atomic E-state index is 0.00139. The molecule has 0 aliphatic rings. The van der Waals surface area contributed by atoms with E-state index in [0.717, 1.165) is 55.6 Å². The summed E-state index contributed by atoms with van der Waals surface area (Å²) in [7, 11) is 0. The van der Waals surface area contributed by atoms with Crippen LogP contribution >= 0.6 is 11.6 Å². The van der Waals surface area contributed by atoms with Crippen LogP contribution in [0.4, 0.5) is 0 Å². The van der Waals surface area contributed by atoms with E-state index in [0.29, 0.717) is 53.8 Å². The Morgan fingerprint density at radius 2 is 1.48 bits per heavy atom. The second kappa shape index (κ2) is 18.0. The van der Waals surface area contributed by atoms with E-state index in [1.807, 2.05) is 42.6 Å². The number of rotatable bonds is 16. The third kappa shape index (κ3) is 8.80. The van der Waals surface area contributed by atoms with Crippen molar-refractivity contribution in [1.82, 2.24) is 20.0 Å². The molecule has 0 saturated heterocycles. The van der Waals surface area contributed by atoms with Gasteiger partial charge in [0.05, 0.1) is 23.8 Å². The van der Waals surface area contributed by atoms with Gasteiger partial charge in [-0.1, -0.05) is 54.1 Å². The van der Waals surface area contributed by atoms with Crippen molar-refractivity contribution in [3.8, 4) is 39.8 Å². The highest BCUT2D eigenvalue weighted by Crippen LogP contribution is 2.37. The van der Waals surface area contributed by atoms with Gasteiger partial charge < -0.3 is 30.3 Å². The maximum absolute atomic E-state index is 13.1. The van der Waals surface area contributed by atoms with Crippen LogP contribution in [0.15, 0.2) is 102 Å². The molecule has 11 heteroatoms. The summed E-state index contributed by atoms with van der Waals surface area (Å²) >= 11 is 6.75. The van der Waals surface area contributed by atoms with E-state index in [9.17, 15) is 15.2 Å². The van der Waals surface area contributed by atoms with Crippen LogP contribution in [-0.2, 0) is 26.3 Å². The van der Waals surface area contributed by atoms with Crippen LogP contribution < -0.4 is 25.7 Å². The molecule has 4 N–H and O–H groups in total. The van der Waals surface area contributed by atoms with E-state index in [2.05, 4.69) is 59.8 Å². The molecule has 3 aromatic heterocycles. The number of benzene rings is 3. The number of aromatic nitrogens is 2. The second-order valence-electron chi connectivity index (χ2n) is 12.9. The summed E-state index contributed by atoms with van der Waals surface area (Å²) in [5.41, 5.74) is 10.8. The van der Waals surface area contributed by atoms with E-state index >= 15 is 0 Å². The lowest BCUT2D eigenvalue weighted by atomic mass is 9.89. The molecule has 276 valence electrons. The van der Waals surface area contributed by atoms with Gasteiger partial charge in [-0.25, -0.2) is 0 Å². The first-order valence-corrected chi connectivity index (χ1v) is 18.1. The minimum atomic E-state index is -0.0829. The molecule has 10 nitrogen and oxygen atoms in total. The van der Waals surface area contributed by atoms with Gasteiger partial charge in [0.2, 0.25) is 0 Å². The van der Waals surface area contributed by atoms with E-state index in [-0.39, 0.29) is 32.0 Å². The third-order valence-electron chi connectivity index (χ3n) is 9.34. The summed E-state index contributed by atoms with van der Waals surface area (Å²) in [6, 6.07) is 27.7. The SMILES string of the molecule is Cc1c(COc2cc(OCc3cncc(C#N)c3)c(CNCCO)cc2Cl)cccc1-c1cccc(-c2ccn3c(=O)c(CNCCO)ccc3c2)c1C. The Balaban J connectivity index is 1.24. The van der Waals surface area contributed by atoms with Gasteiger partial charge in [0.15, 0.2) is 0 Å². The molecule has 0 fully saturated rings. The van der Waals surface area contributed by atoms with Gasteiger partial charge in [-0.2, -0.15) is 5.26 Å². The van der Waals surface area contributed by atoms with Crippen molar-refractivity contribution < 1.29 is 19.7 Å². The molecule has 0 spiro atoms. The van der Waals surface area contributed by atoms with E-state index in [1.165, 1.54) is 6.20 Å². The molecule has 0 unspecified atom stereocenters. The highest BCUT2D eigenvalue weighted by atomic mass is 35.5. The summed E-state index contributed by atoms with van der Waals surface area (Å²) in [5.74, 6) is 1.03. The van der Waals surface area contributed by atoms with Crippen LogP contribution in [0.1, 0.15) is 38.9 Å². The van der Waals surface area contributed by atoms with Gasteiger partial charge in [-0.05, 0) is 83.1 Å². The summed E-state index contributed by atoms with van der Waals surface area (Å²) in [6.07, 6.45) is 4.98. The zero-order chi connectivity index (χ0) is 38.0. The summed E-state index contributed by atoms with van der Waals surface area (Å²) < 4.78 is 14.2. The lowest BCUT2D eigenvalue weighted by Crippen LogP contribution is -2.25. The lowest BCUT2D eigenvalue weighted by molar-refractivity contribution is 0.282. The van der Waals surface area contributed by atoms with Gasteiger partial charge in [0.25, 0.3) is 5.56 Å². The zero-order valence-corrected chi connectivity index (χ0v) is 31.0. The number of aliphatic hydroxyl groups excluding tert-OH is 2. The van der Waals surface area contributed by atoms with Gasteiger partial charge in [-0.3, -0.25) is 14.2 Å². The predicted molar refractivity (Wildman–Crippen MR) is 211 cm³/mol. The third-order valence-corrected chi connectivity index (χ3v) is 9.63. The van der Waals surface area contributed by atoms with Crippen molar-refractivity contribution in [3.05, 3.63) is 152 Å². The predicted octanol–water partition coefficient (Wildman–Crippen LogP) is 6.49. The molecule has 54 heavy (non-hydrogen) atoms. The number of aliphatic hydroxyl groups is 2. The molecular formula is C43H42ClN5O5. The number of hydrogen-bond donors (Lipinski definition) is 4. The Morgan fingerprint density at radius 1 is 0.778 bits per heavy atom. The molecule has 0 aliphatic carbocycles. The standard InChI is InChI=1S/C43H42ClN5O5/c1-28-34(27-54-42-20-41(35(19-40(42)44)25-47-13-16-51)53-26-31-17-30(21-45)22-48-23-31)5-3-7-38(28)39-8-4-6-37(29(39)2)32-11-14-49-36(18-32)10-9-33(43(49)52)24-46-12-15-50/h3-11,14,17-20,22-23,46-47,50-51H,12-13,15-16,24-27H2,1-2H3. The first kappa shape index (κ1) is 38.2. The van der Waals surface area contributed by atoms with Crippen molar-refractivity contribution >= 4 is 17.1 Å². The van der Waals surface area contributed by atoms with Crippen molar-refractivity contribution in [2.24, 2.45) is 0 Å². The highest BCUT2D eigenvalue weighted by Gasteiger charge is 2.16. The number of nitrogens with one attached hydrogen (secondary N) is 2. The Bertz CT molecular complexity index is 2370. The van der Waals surface area contributed by atoms with Crippen LogP contribution in [0.2, 0.25) is 5.02 Å². The van der Waals surface area contributed by atoms with Crippen molar-refractivity contribution in [1.29, 1.82) is 5.26 Å². The molecule has 3 heterocycles. The van der Waals surface area contributed by atoms with E-state index in [1.54, 1.807) is 28.8 Å². The molecule has 6 rings (SSSR count). The smallest absolute Gasteiger partial charge is 0.259 e. The molecule has 3 aromatic carbocycles. The minimum Gasteiger partial charge on any atom is -0.488 e. The zero-order valence-electron chi connectivity index (χ0n) is 30.2. The molecule has 0 saturated carbocycles. The van der Waals surface area contributed by atoms with Gasteiger partial charge in [-0.15, -0.1) is 0 Å². The lowest BCUT2D eigenvalue weighted by Gasteiger charge is -2.18. The molecule has 0 aliphatic heterocycles. The highest BCUT2D eigenvalue weighted by molar-refractivity contribution is 6.32. The quantitative estimate of drug-likeness (QED) is 0.0819. The van der Waals surface area contributed by atoms with Crippen LogP contribution in [0.25, 0.3) is 27.8 Å². The van der Waals surface area contributed by atoms with Crippen LogP contribution in [0.5, 0.6) is 11.5 Å². The molecule has 0 amide bonds. The van der Waals surface area contributed by atoms with Crippen LogP contribution in [-0.4, -0.2) is 45.9 Å². The number of nitriles is 1. The fourth-order valence-electron chi connectivity index (χ4n) is 6.42. The van der Waals surface area contributed by atoms with Crippen molar-refractivity contribution in [3.63, 3.8) is 0 Å². The number of fused-ring (bicyclic) bond motifs is 1. The first-order valence-electron chi connectivity index (χ1n) is 17.7. The Morgan fingerprint density at radius 3 is 2.24 bits per heavy atom. The van der Waals surface area contributed by atoms with Crippen molar-refractivity contribution in [2.45, 2.75) is 40.2 Å². The number of halogens is 1. The van der Waals surface area contributed by atoms with Gasteiger partial charge in [0.1, 0.15) is 30.8 Å². The molecule has 0 bridgehead atoms. The van der Waals surface area contributed by atoms with Gasteiger partial charge >= 0.3 is 0 Å². The molecule has 6 aromatic rings. The fourth-order valence-corrected chi connectivity index (χ4v) is 6.67. The number of nitrogens with zero attached hydrogens (tertiary/aromatic N) is 3. The summed E-state index contributed by atoms with van der Waals surface area (Å²) in [6.45, 7) is 6.34. The maximum Gasteiger partial charge on any atom is 0.259 e. The monoisotopic (exact) mass is 743 g/mol. The summed E-state index contributed by atoms with van der Waals surface area (Å²) in [5, 5.41) is 34.3. The summed E-state index contributed by atoms with van der Waals surface area (Å²) in [4.78, 5) is 17.2. The Kier molecular flexibility index (Phi) is 12.7. The first-order chi connectivity index (χ1) is 26.3. The molecule has 0 radical (unpaired) electrons. The fraction of sp³-hybridized carbons (Fsp3) is 0.233. The topological polar surface area (TPSA) is 141 Å². The number of hydrogen-bond acceptors (Lipinski definition) is 9. The number of ether oxygens (including phenoxy) is 2. The average molecular weight is 744 g/mol. The van der Waals surface area contributed by atoms with Gasteiger partial charge in [0, 0.05) is 73.0 Å². The van der Waals surface area contributed by atoms with Crippen LogP contribution in [0.3, 0.4) is 0 Å². The largest absolute Gasteiger partial charge is 0.488 e. The van der Waals surface area contributed by atoms with E-state index < -0.39 is 0 Å². The molecule has 0 atom stereocenters. The maximum atomic E-state index is 13.1. The van der Waals surface area contributed by atoms with E-state index in [4.69, 9.17) is 26.2 Å². The average Bonchev–Trinajstić information content (AvgIpc) is 3.19. The second-order valence-corrected chi connectivity index (χ2v) is 13.3. The Labute approximate surface area is 319 Å². The van der Waals surface area contributed by atoms with Crippen LogP contribution in [0, 0.1) is 25.2 Å². The molecular weight excluding hydrogens is 702 g/mol. The van der Waals surface area contributed by atoms with Crippen molar-refractivity contribution in [2.75, 3.05) is 26.3 Å².